The van der Waals surface area contributed by atoms with E-state index in [1.54, 1.807) is 10.7 Å². The predicted molar refractivity (Wildman–Crippen MR) is 96.6 cm³/mol. The van der Waals surface area contributed by atoms with Gasteiger partial charge in [0, 0.05) is 45.2 Å². The van der Waals surface area contributed by atoms with Gasteiger partial charge in [0.05, 0.1) is 11.9 Å². The predicted octanol–water partition coefficient (Wildman–Crippen LogP) is 1.88. The zero-order valence-corrected chi connectivity index (χ0v) is 14.9. The van der Waals surface area contributed by atoms with Crippen LogP contribution in [0.25, 0.3) is 0 Å². The van der Waals surface area contributed by atoms with Crippen molar-refractivity contribution < 1.29 is 4.79 Å². The van der Waals surface area contributed by atoms with Gasteiger partial charge in [-0.2, -0.15) is 5.10 Å². The first kappa shape index (κ1) is 16.6. The molecule has 1 saturated carbocycles. The summed E-state index contributed by atoms with van der Waals surface area (Å²) in [5.74, 6) is 1.34. The highest BCUT2D eigenvalue weighted by Crippen LogP contribution is 2.30. The van der Waals surface area contributed by atoms with Gasteiger partial charge in [0.25, 0.3) is 5.56 Å². The van der Waals surface area contributed by atoms with Crippen molar-refractivity contribution in [1.82, 2.24) is 14.7 Å². The lowest BCUT2D eigenvalue weighted by molar-refractivity contribution is -0.131. The molecule has 6 nitrogen and oxygen atoms in total. The van der Waals surface area contributed by atoms with Gasteiger partial charge in [-0.25, -0.2) is 4.68 Å². The van der Waals surface area contributed by atoms with Crippen LogP contribution in [0, 0.1) is 11.8 Å². The summed E-state index contributed by atoms with van der Waals surface area (Å²) in [4.78, 5) is 28.9. The fraction of sp³-hybridized carbons (Fsp3) is 0.737. The standard InChI is InChI=1S/C19H28N4O2/c24-18(21-7-1-2-8-21)10-16-4-3-9-22(13-16)17-11-19(25)23(20-12-17)14-15-5-6-15/h11-12,15-16H,1-10,13-14H2. The third kappa shape index (κ3) is 4.05. The highest BCUT2D eigenvalue weighted by molar-refractivity contribution is 5.76. The van der Waals surface area contributed by atoms with Crippen LogP contribution >= 0.6 is 0 Å². The second-order valence-corrected chi connectivity index (χ2v) is 7.92. The van der Waals surface area contributed by atoms with Gasteiger partial charge in [0.2, 0.25) is 5.91 Å². The molecule has 3 heterocycles. The van der Waals surface area contributed by atoms with Crippen molar-refractivity contribution in [3.05, 3.63) is 22.6 Å². The maximum Gasteiger partial charge on any atom is 0.268 e. The van der Waals surface area contributed by atoms with Crippen molar-refractivity contribution in [2.24, 2.45) is 11.8 Å². The Kier molecular flexibility index (Phi) is 4.77. The minimum absolute atomic E-state index is 0.000309. The Hall–Kier alpha value is -1.85. The monoisotopic (exact) mass is 344 g/mol. The minimum Gasteiger partial charge on any atom is -0.370 e. The number of piperidine rings is 1. The van der Waals surface area contributed by atoms with Crippen LogP contribution in [0.3, 0.4) is 0 Å². The molecule has 0 radical (unpaired) electrons. The molecule has 3 aliphatic rings. The Labute approximate surface area is 148 Å². The van der Waals surface area contributed by atoms with Crippen LogP contribution in [-0.4, -0.2) is 46.8 Å². The molecule has 1 unspecified atom stereocenters. The number of carbonyl (C=O) groups excluding carboxylic acids is 1. The number of nitrogens with zero attached hydrogens (tertiary/aromatic N) is 4. The molecule has 0 bridgehead atoms. The maximum atomic E-state index is 12.4. The largest absolute Gasteiger partial charge is 0.370 e. The van der Waals surface area contributed by atoms with Crippen molar-refractivity contribution in [2.75, 3.05) is 31.1 Å². The zero-order valence-electron chi connectivity index (χ0n) is 14.9. The van der Waals surface area contributed by atoms with Crippen molar-refractivity contribution in [3.63, 3.8) is 0 Å². The molecule has 25 heavy (non-hydrogen) atoms. The van der Waals surface area contributed by atoms with Crippen LogP contribution in [0.5, 0.6) is 0 Å². The summed E-state index contributed by atoms with van der Waals surface area (Å²) in [6.07, 6.45) is 9.36. The topological polar surface area (TPSA) is 58.4 Å². The number of amides is 1. The first-order valence-corrected chi connectivity index (χ1v) is 9.79. The minimum atomic E-state index is -0.000309. The first-order valence-electron chi connectivity index (χ1n) is 9.79. The van der Waals surface area contributed by atoms with Gasteiger partial charge in [0.15, 0.2) is 0 Å². The average Bonchev–Trinajstić information content (AvgIpc) is 3.25. The third-order valence-corrected chi connectivity index (χ3v) is 5.79. The Bertz CT molecular complexity index is 676. The number of carbonyl (C=O) groups is 1. The van der Waals surface area contributed by atoms with E-state index in [9.17, 15) is 9.59 Å². The van der Waals surface area contributed by atoms with E-state index >= 15 is 0 Å². The van der Waals surface area contributed by atoms with Crippen molar-refractivity contribution in [3.8, 4) is 0 Å². The van der Waals surface area contributed by atoms with E-state index in [1.165, 1.54) is 12.8 Å². The summed E-state index contributed by atoms with van der Waals surface area (Å²) in [7, 11) is 0. The highest BCUT2D eigenvalue weighted by atomic mass is 16.2. The molecular formula is C19H28N4O2. The molecule has 6 heteroatoms. The SMILES string of the molecule is O=C(CC1CCCN(c2cnn(CC3CC3)c(=O)c2)C1)N1CCCC1. The summed E-state index contributed by atoms with van der Waals surface area (Å²) in [5.41, 5.74) is 0.912. The highest BCUT2D eigenvalue weighted by Gasteiger charge is 2.27. The molecule has 1 atom stereocenters. The molecule has 1 amide bonds. The van der Waals surface area contributed by atoms with Crippen LogP contribution < -0.4 is 10.5 Å². The molecule has 2 saturated heterocycles. The number of rotatable bonds is 5. The molecule has 1 aliphatic carbocycles. The fourth-order valence-corrected chi connectivity index (χ4v) is 4.09. The van der Waals surface area contributed by atoms with Crippen LogP contribution in [0.1, 0.15) is 44.9 Å². The molecule has 4 rings (SSSR count). The lowest BCUT2D eigenvalue weighted by Crippen LogP contribution is -2.39. The number of likely N-dealkylation sites (tertiary alicyclic amines) is 1. The summed E-state index contributed by atoms with van der Waals surface area (Å²) >= 11 is 0. The second-order valence-electron chi connectivity index (χ2n) is 7.92. The molecule has 3 fully saturated rings. The lowest BCUT2D eigenvalue weighted by Gasteiger charge is -2.34. The summed E-state index contributed by atoms with van der Waals surface area (Å²) in [5, 5.41) is 4.37. The normalized spacial score (nSPS) is 23.9. The smallest absolute Gasteiger partial charge is 0.268 e. The molecule has 1 aromatic rings. The van der Waals surface area contributed by atoms with E-state index < -0.39 is 0 Å². The first-order chi connectivity index (χ1) is 12.2. The van der Waals surface area contributed by atoms with Crippen molar-refractivity contribution >= 4 is 11.6 Å². The van der Waals surface area contributed by atoms with Gasteiger partial charge in [-0.15, -0.1) is 0 Å². The van der Waals surface area contributed by atoms with Crippen molar-refractivity contribution in [2.45, 2.75) is 51.5 Å². The van der Waals surface area contributed by atoms with Crippen molar-refractivity contribution in [1.29, 1.82) is 0 Å². The van der Waals surface area contributed by atoms with Crippen LogP contribution in [0.15, 0.2) is 17.1 Å². The molecule has 0 N–H and O–H groups in total. The maximum absolute atomic E-state index is 12.4. The molecule has 2 aliphatic heterocycles. The summed E-state index contributed by atoms with van der Waals surface area (Å²) in [6, 6.07) is 1.72. The molecule has 0 spiro atoms. The number of anilines is 1. The zero-order chi connectivity index (χ0) is 17.2. The van der Waals surface area contributed by atoms with Crippen LogP contribution in [0.2, 0.25) is 0 Å². The van der Waals surface area contributed by atoms with Gasteiger partial charge in [-0.3, -0.25) is 9.59 Å². The van der Waals surface area contributed by atoms with Crippen LogP contribution in [-0.2, 0) is 11.3 Å². The van der Waals surface area contributed by atoms with E-state index in [-0.39, 0.29) is 5.56 Å². The van der Waals surface area contributed by atoms with Gasteiger partial charge >= 0.3 is 0 Å². The van der Waals surface area contributed by atoms with E-state index in [2.05, 4.69) is 10.00 Å². The molecule has 1 aromatic heterocycles. The van der Waals surface area contributed by atoms with Gasteiger partial charge in [0.1, 0.15) is 0 Å². The fourth-order valence-electron chi connectivity index (χ4n) is 4.09. The lowest BCUT2D eigenvalue weighted by atomic mass is 9.94. The average molecular weight is 344 g/mol. The summed E-state index contributed by atoms with van der Waals surface area (Å²) < 4.78 is 1.60. The van der Waals surface area contributed by atoms with Gasteiger partial charge in [-0.05, 0) is 50.4 Å². The van der Waals surface area contributed by atoms with E-state index in [0.717, 1.165) is 64.1 Å². The number of hydrogen-bond donors (Lipinski definition) is 0. The second kappa shape index (κ2) is 7.18. The number of aromatic nitrogens is 2. The Morgan fingerprint density at radius 3 is 2.60 bits per heavy atom. The van der Waals surface area contributed by atoms with Crippen LogP contribution in [0.4, 0.5) is 5.69 Å². The number of hydrogen-bond acceptors (Lipinski definition) is 4. The van der Waals surface area contributed by atoms with Gasteiger partial charge < -0.3 is 9.80 Å². The molecular weight excluding hydrogens is 316 g/mol. The van der Waals surface area contributed by atoms with E-state index in [4.69, 9.17) is 0 Å². The Balaban J connectivity index is 1.37. The Morgan fingerprint density at radius 2 is 1.88 bits per heavy atom. The van der Waals surface area contributed by atoms with E-state index in [0.29, 0.717) is 24.2 Å². The third-order valence-electron chi connectivity index (χ3n) is 5.79. The Morgan fingerprint density at radius 1 is 1.08 bits per heavy atom. The molecule has 0 aromatic carbocycles. The summed E-state index contributed by atoms with van der Waals surface area (Å²) in [6.45, 7) is 4.42. The van der Waals surface area contributed by atoms with Gasteiger partial charge in [-0.1, -0.05) is 0 Å². The van der Waals surface area contributed by atoms with E-state index in [1.807, 2.05) is 11.1 Å². The quantitative estimate of drug-likeness (QED) is 0.818. The molecule has 136 valence electrons.